The van der Waals surface area contributed by atoms with Crippen molar-refractivity contribution in [3.63, 3.8) is 0 Å². The van der Waals surface area contributed by atoms with Gasteiger partial charge in [0.05, 0.1) is 0 Å². The van der Waals surface area contributed by atoms with E-state index in [4.69, 9.17) is 0 Å². The first-order chi connectivity index (χ1) is 7.24. The van der Waals surface area contributed by atoms with Crippen molar-refractivity contribution >= 4 is 0 Å². The molecule has 2 rings (SSSR count). The van der Waals surface area contributed by atoms with Gasteiger partial charge in [-0.25, -0.2) is 0 Å². The molecule has 86 valence electrons. The van der Waals surface area contributed by atoms with Crippen LogP contribution in [0.5, 0.6) is 0 Å². The number of nitrogens with zero attached hydrogens (tertiary/aromatic N) is 1. The highest BCUT2D eigenvalue weighted by Gasteiger charge is 2.42. The fourth-order valence-corrected chi connectivity index (χ4v) is 3.78. The maximum atomic E-state index is 3.85. The lowest BCUT2D eigenvalue weighted by Crippen LogP contribution is -2.48. The first-order valence-corrected chi connectivity index (χ1v) is 6.62. The second-order valence-electron chi connectivity index (χ2n) is 5.54. The summed E-state index contributed by atoms with van der Waals surface area (Å²) in [6.07, 6.45) is 10.5. The number of rotatable bonds is 4. The molecule has 0 saturated carbocycles. The van der Waals surface area contributed by atoms with Gasteiger partial charge in [-0.05, 0) is 58.3 Å². The van der Waals surface area contributed by atoms with Crippen LogP contribution in [-0.2, 0) is 0 Å². The van der Waals surface area contributed by atoms with Crippen molar-refractivity contribution in [2.75, 3.05) is 0 Å². The Morgan fingerprint density at radius 1 is 1.27 bits per heavy atom. The van der Waals surface area contributed by atoms with E-state index in [0.717, 1.165) is 24.0 Å². The van der Waals surface area contributed by atoms with E-state index in [1.807, 2.05) is 0 Å². The van der Waals surface area contributed by atoms with Crippen LogP contribution in [-0.4, -0.2) is 23.0 Å². The molecule has 0 N–H and O–H groups in total. The Labute approximate surface area is 94.5 Å². The average Bonchev–Trinajstić information content (AvgIpc) is 2.53. The van der Waals surface area contributed by atoms with Crippen molar-refractivity contribution in [2.24, 2.45) is 5.92 Å². The highest BCUT2D eigenvalue weighted by molar-refractivity contribution is 4.97. The van der Waals surface area contributed by atoms with E-state index in [1.165, 1.54) is 38.5 Å². The summed E-state index contributed by atoms with van der Waals surface area (Å²) in [7, 11) is 0. The van der Waals surface area contributed by atoms with Crippen LogP contribution in [0.25, 0.3) is 0 Å². The van der Waals surface area contributed by atoms with Gasteiger partial charge in [0, 0.05) is 18.1 Å². The molecular formula is C14H25N. The molecule has 0 aliphatic carbocycles. The fraction of sp³-hybridized carbons (Fsp3) is 0.857. The lowest BCUT2D eigenvalue weighted by atomic mass is 9.86. The molecule has 1 nitrogen and oxygen atoms in total. The Morgan fingerprint density at radius 3 is 2.67 bits per heavy atom. The van der Waals surface area contributed by atoms with Crippen LogP contribution >= 0.6 is 0 Å². The van der Waals surface area contributed by atoms with Crippen LogP contribution in [0.2, 0.25) is 0 Å². The molecule has 0 aromatic heterocycles. The topological polar surface area (TPSA) is 3.24 Å². The third-order valence-corrected chi connectivity index (χ3v) is 4.35. The van der Waals surface area contributed by atoms with Crippen LogP contribution in [0.3, 0.4) is 0 Å². The summed E-state index contributed by atoms with van der Waals surface area (Å²) in [6, 6.07) is 2.55. The molecule has 1 heteroatoms. The van der Waals surface area contributed by atoms with Crippen LogP contribution in [0.15, 0.2) is 12.7 Å². The van der Waals surface area contributed by atoms with Crippen molar-refractivity contribution < 1.29 is 0 Å². The van der Waals surface area contributed by atoms with Gasteiger partial charge in [0.1, 0.15) is 0 Å². The maximum absolute atomic E-state index is 3.85. The van der Waals surface area contributed by atoms with Gasteiger partial charge in [0.25, 0.3) is 0 Å². The third-order valence-electron chi connectivity index (χ3n) is 4.35. The van der Waals surface area contributed by atoms with Crippen molar-refractivity contribution in [1.29, 1.82) is 0 Å². The van der Waals surface area contributed by atoms with Gasteiger partial charge in [-0.3, -0.25) is 4.90 Å². The minimum Gasteiger partial charge on any atom is -0.295 e. The molecule has 2 fully saturated rings. The largest absolute Gasteiger partial charge is 0.295 e. The summed E-state index contributed by atoms with van der Waals surface area (Å²) in [5, 5.41) is 0. The summed E-state index contributed by atoms with van der Waals surface area (Å²) < 4.78 is 0. The summed E-state index contributed by atoms with van der Waals surface area (Å²) in [5.41, 5.74) is 0. The molecule has 0 unspecified atom stereocenters. The summed E-state index contributed by atoms with van der Waals surface area (Å²) in [6.45, 7) is 8.57. The van der Waals surface area contributed by atoms with E-state index in [9.17, 15) is 0 Å². The Morgan fingerprint density at radius 2 is 2.00 bits per heavy atom. The Kier molecular flexibility index (Phi) is 3.50. The van der Waals surface area contributed by atoms with Gasteiger partial charge in [0.2, 0.25) is 0 Å². The van der Waals surface area contributed by atoms with Crippen LogP contribution < -0.4 is 0 Å². The minimum atomic E-state index is 0.744. The van der Waals surface area contributed by atoms with Crippen molar-refractivity contribution in [3.05, 3.63) is 12.7 Å². The van der Waals surface area contributed by atoms with E-state index < -0.39 is 0 Å². The highest BCUT2D eigenvalue weighted by Crippen LogP contribution is 2.42. The lowest BCUT2D eigenvalue weighted by molar-refractivity contribution is 0.0585. The molecule has 0 spiro atoms. The first-order valence-electron chi connectivity index (χ1n) is 6.62. The van der Waals surface area contributed by atoms with Gasteiger partial charge in [-0.2, -0.15) is 0 Å². The van der Waals surface area contributed by atoms with Gasteiger partial charge >= 0.3 is 0 Å². The Bertz CT molecular complexity index is 221. The monoisotopic (exact) mass is 207 g/mol. The third kappa shape index (κ3) is 2.13. The molecular weight excluding hydrogens is 182 g/mol. The van der Waals surface area contributed by atoms with E-state index in [2.05, 4.69) is 31.4 Å². The second kappa shape index (κ2) is 4.69. The Balaban J connectivity index is 2.01. The van der Waals surface area contributed by atoms with Crippen molar-refractivity contribution in [3.8, 4) is 0 Å². The molecule has 0 radical (unpaired) electrons. The fourth-order valence-electron chi connectivity index (χ4n) is 3.78. The molecule has 0 aromatic carbocycles. The van der Waals surface area contributed by atoms with Gasteiger partial charge in [0.15, 0.2) is 0 Å². The normalized spacial score (nSPS) is 36.1. The number of fused-ring (bicyclic) bond motifs is 2. The number of piperidine rings is 1. The SMILES string of the molecule is C=CCC[C@@H]1CC[C@H]2CC[C@@H]1N2C(C)C. The predicted molar refractivity (Wildman–Crippen MR) is 65.9 cm³/mol. The zero-order chi connectivity index (χ0) is 10.8. The van der Waals surface area contributed by atoms with Crippen LogP contribution in [0, 0.1) is 5.92 Å². The maximum Gasteiger partial charge on any atom is 0.0130 e. The molecule has 2 aliphatic rings. The zero-order valence-electron chi connectivity index (χ0n) is 10.3. The van der Waals surface area contributed by atoms with Gasteiger partial charge < -0.3 is 0 Å². The smallest absolute Gasteiger partial charge is 0.0130 e. The number of allylic oxidation sites excluding steroid dienone is 1. The molecule has 15 heavy (non-hydrogen) atoms. The van der Waals surface area contributed by atoms with E-state index >= 15 is 0 Å². The van der Waals surface area contributed by atoms with Crippen LogP contribution in [0.1, 0.15) is 52.4 Å². The Hall–Kier alpha value is -0.300. The van der Waals surface area contributed by atoms with E-state index in [1.54, 1.807) is 0 Å². The highest BCUT2D eigenvalue weighted by atomic mass is 15.2. The summed E-state index contributed by atoms with van der Waals surface area (Å²) in [4.78, 5) is 2.80. The number of hydrogen-bond acceptors (Lipinski definition) is 1. The van der Waals surface area contributed by atoms with Crippen molar-refractivity contribution in [1.82, 2.24) is 4.90 Å². The van der Waals surface area contributed by atoms with E-state index in [-0.39, 0.29) is 0 Å². The van der Waals surface area contributed by atoms with E-state index in [0.29, 0.717) is 0 Å². The second-order valence-corrected chi connectivity index (χ2v) is 5.54. The predicted octanol–water partition coefficient (Wildman–Crippen LogP) is 3.60. The van der Waals surface area contributed by atoms with Gasteiger partial charge in [-0.1, -0.05) is 6.08 Å². The minimum absolute atomic E-state index is 0.744. The van der Waals surface area contributed by atoms with Crippen molar-refractivity contribution in [2.45, 2.75) is 70.5 Å². The number of hydrogen-bond donors (Lipinski definition) is 0. The molecule has 2 aliphatic heterocycles. The molecule has 3 atom stereocenters. The standard InChI is InChI=1S/C14H25N/c1-4-5-6-12-7-8-13-9-10-14(12)15(13)11(2)3/h4,11-14H,1,5-10H2,2-3H3/t12-,13+,14+/m1/s1. The summed E-state index contributed by atoms with van der Waals surface area (Å²) >= 11 is 0. The molecule has 2 bridgehead atoms. The molecule has 0 aromatic rings. The summed E-state index contributed by atoms with van der Waals surface area (Å²) in [5.74, 6) is 0.948. The van der Waals surface area contributed by atoms with Crippen LogP contribution in [0.4, 0.5) is 0 Å². The van der Waals surface area contributed by atoms with Gasteiger partial charge in [-0.15, -0.1) is 6.58 Å². The average molecular weight is 207 g/mol. The molecule has 0 amide bonds. The molecule has 2 heterocycles. The lowest BCUT2D eigenvalue weighted by Gasteiger charge is -2.42. The quantitative estimate of drug-likeness (QED) is 0.637. The first kappa shape index (κ1) is 11.2. The zero-order valence-corrected chi connectivity index (χ0v) is 10.3. The molecule has 2 saturated heterocycles.